The normalized spacial score (nSPS) is 13.7. The Balaban J connectivity index is 1.42. The van der Waals surface area contributed by atoms with E-state index in [4.69, 9.17) is 4.74 Å². The molecule has 0 radical (unpaired) electrons. The maximum Gasteiger partial charge on any atom is 0.232 e. The molecule has 3 rings (SSSR count). The molecule has 1 amide bonds. The van der Waals surface area contributed by atoms with Crippen molar-refractivity contribution in [3.05, 3.63) is 29.3 Å². The molecule has 1 fully saturated rings. The summed E-state index contributed by atoms with van der Waals surface area (Å²) in [6, 6.07) is 6.52. The third-order valence-corrected chi connectivity index (χ3v) is 4.91. The van der Waals surface area contributed by atoms with Gasteiger partial charge in [0.25, 0.3) is 0 Å². The molecule has 7 nitrogen and oxygen atoms in total. The predicted molar refractivity (Wildman–Crippen MR) is 95.9 cm³/mol. The lowest BCUT2D eigenvalue weighted by atomic mass is 10.1. The molecule has 8 heteroatoms. The van der Waals surface area contributed by atoms with Crippen LogP contribution in [0.15, 0.2) is 23.4 Å². The minimum atomic E-state index is 0.0411. The number of carbonyl (C=O) groups excluding carboxylic acids is 1. The summed E-state index contributed by atoms with van der Waals surface area (Å²) in [7, 11) is 1.79. The van der Waals surface area contributed by atoms with Crippen molar-refractivity contribution in [3.8, 4) is 5.75 Å². The van der Waals surface area contributed by atoms with Crippen LogP contribution in [0.1, 0.15) is 30.0 Å². The molecule has 0 N–H and O–H groups in total. The second kappa shape index (κ2) is 7.86. The molecule has 0 aliphatic heterocycles. The number of likely N-dealkylation sites (N-methyl/N-ethyl adjacent to an activating group) is 1. The molecule has 0 saturated heterocycles. The smallest absolute Gasteiger partial charge is 0.232 e. The number of amides is 1. The summed E-state index contributed by atoms with van der Waals surface area (Å²) in [6.07, 6.45) is 2.23. The van der Waals surface area contributed by atoms with E-state index < -0.39 is 0 Å². The van der Waals surface area contributed by atoms with Crippen LogP contribution in [-0.2, 0) is 4.79 Å². The van der Waals surface area contributed by atoms with Crippen molar-refractivity contribution in [2.24, 2.45) is 0 Å². The highest BCUT2D eigenvalue weighted by Crippen LogP contribution is 2.36. The molecule has 2 aromatic rings. The SMILES string of the molecule is Cc1cc(C)cc(OCCN(C)C(=O)CSc2nnnn2C2CC2)c1. The van der Waals surface area contributed by atoms with Crippen LogP contribution in [0.3, 0.4) is 0 Å². The molecule has 134 valence electrons. The van der Waals surface area contributed by atoms with E-state index in [0.29, 0.717) is 24.9 Å². The summed E-state index contributed by atoms with van der Waals surface area (Å²) in [5, 5.41) is 12.4. The van der Waals surface area contributed by atoms with Gasteiger partial charge >= 0.3 is 0 Å². The average Bonchev–Trinajstić information content (AvgIpc) is 3.30. The fraction of sp³-hybridized carbons (Fsp3) is 0.529. The van der Waals surface area contributed by atoms with E-state index in [1.165, 1.54) is 22.9 Å². The highest BCUT2D eigenvalue weighted by molar-refractivity contribution is 7.99. The molecule has 1 aromatic heterocycles. The maximum absolute atomic E-state index is 12.3. The number of carbonyl (C=O) groups is 1. The Labute approximate surface area is 151 Å². The maximum atomic E-state index is 12.3. The van der Waals surface area contributed by atoms with Gasteiger partial charge < -0.3 is 9.64 Å². The van der Waals surface area contributed by atoms with Crippen LogP contribution in [0.2, 0.25) is 0 Å². The standard InChI is InChI=1S/C17H23N5O2S/c1-12-8-13(2)10-15(9-12)24-7-6-21(3)16(23)11-25-17-18-19-20-22(17)14-4-5-14/h8-10,14H,4-7,11H2,1-3H3. The molecule has 1 heterocycles. The van der Waals surface area contributed by atoms with Gasteiger partial charge in [0.1, 0.15) is 12.4 Å². The van der Waals surface area contributed by atoms with Gasteiger partial charge in [0.05, 0.1) is 18.3 Å². The number of ether oxygens (including phenoxy) is 1. The van der Waals surface area contributed by atoms with E-state index in [2.05, 4.69) is 21.6 Å². The van der Waals surface area contributed by atoms with Crippen LogP contribution in [0.5, 0.6) is 5.75 Å². The van der Waals surface area contributed by atoms with Crippen molar-refractivity contribution in [1.29, 1.82) is 0 Å². The van der Waals surface area contributed by atoms with E-state index in [9.17, 15) is 4.79 Å². The number of rotatable bonds is 8. The number of aromatic nitrogens is 4. The van der Waals surface area contributed by atoms with Gasteiger partial charge in [0.2, 0.25) is 11.1 Å². The zero-order chi connectivity index (χ0) is 17.8. The molecule has 1 aliphatic carbocycles. The molecule has 1 aromatic carbocycles. The molecule has 0 atom stereocenters. The van der Waals surface area contributed by atoms with Gasteiger partial charge in [0.15, 0.2) is 0 Å². The van der Waals surface area contributed by atoms with Crippen molar-refractivity contribution in [2.45, 2.75) is 37.9 Å². The Morgan fingerprint density at radius 3 is 2.72 bits per heavy atom. The van der Waals surface area contributed by atoms with Crippen molar-refractivity contribution in [3.63, 3.8) is 0 Å². The van der Waals surface area contributed by atoms with Gasteiger partial charge in [-0.25, -0.2) is 4.68 Å². The quantitative estimate of drug-likeness (QED) is 0.672. The Morgan fingerprint density at radius 2 is 2.04 bits per heavy atom. The van der Waals surface area contributed by atoms with Gasteiger partial charge in [-0.2, -0.15) is 0 Å². The monoisotopic (exact) mass is 361 g/mol. The summed E-state index contributed by atoms with van der Waals surface area (Å²) in [5.41, 5.74) is 2.34. The van der Waals surface area contributed by atoms with E-state index in [0.717, 1.165) is 23.7 Å². The van der Waals surface area contributed by atoms with Crippen LogP contribution < -0.4 is 4.74 Å². The first-order valence-corrected chi connectivity index (χ1v) is 9.37. The van der Waals surface area contributed by atoms with Crippen LogP contribution in [-0.4, -0.2) is 57.0 Å². The molecular weight excluding hydrogens is 338 g/mol. The molecular formula is C17H23N5O2S. The summed E-state index contributed by atoms with van der Waals surface area (Å²) < 4.78 is 7.58. The summed E-state index contributed by atoms with van der Waals surface area (Å²) in [4.78, 5) is 13.9. The number of tetrazole rings is 1. The van der Waals surface area contributed by atoms with Gasteiger partial charge in [0, 0.05) is 7.05 Å². The van der Waals surface area contributed by atoms with E-state index in [-0.39, 0.29) is 5.91 Å². The molecule has 1 saturated carbocycles. The van der Waals surface area contributed by atoms with Crippen molar-refractivity contribution < 1.29 is 9.53 Å². The first-order chi connectivity index (χ1) is 12.0. The highest BCUT2D eigenvalue weighted by atomic mass is 32.2. The lowest BCUT2D eigenvalue weighted by Gasteiger charge is -2.17. The second-order valence-electron chi connectivity index (χ2n) is 6.41. The molecule has 0 bridgehead atoms. The van der Waals surface area contributed by atoms with Crippen LogP contribution in [0.25, 0.3) is 0 Å². The van der Waals surface area contributed by atoms with E-state index in [1.54, 1.807) is 11.9 Å². The van der Waals surface area contributed by atoms with E-state index in [1.807, 2.05) is 30.7 Å². The Bertz CT molecular complexity index is 724. The fourth-order valence-corrected chi connectivity index (χ4v) is 3.39. The van der Waals surface area contributed by atoms with Gasteiger partial charge in [-0.15, -0.1) is 5.10 Å². The van der Waals surface area contributed by atoms with Crippen molar-refractivity contribution in [2.75, 3.05) is 26.0 Å². The van der Waals surface area contributed by atoms with Crippen LogP contribution in [0, 0.1) is 13.8 Å². The predicted octanol–water partition coefficient (Wildman–Crippen LogP) is 2.25. The summed E-state index contributed by atoms with van der Waals surface area (Å²) in [6.45, 7) is 5.10. The minimum Gasteiger partial charge on any atom is -0.492 e. The van der Waals surface area contributed by atoms with Crippen LogP contribution in [0.4, 0.5) is 0 Å². The molecule has 1 aliphatic rings. The molecule has 0 spiro atoms. The first kappa shape index (κ1) is 17.7. The van der Waals surface area contributed by atoms with Gasteiger partial charge in [-0.3, -0.25) is 4.79 Å². The summed E-state index contributed by atoms with van der Waals surface area (Å²) >= 11 is 1.39. The number of aryl methyl sites for hydroxylation is 2. The highest BCUT2D eigenvalue weighted by Gasteiger charge is 2.28. The number of hydrogen-bond acceptors (Lipinski definition) is 6. The Morgan fingerprint density at radius 1 is 1.32 bits per heavy atom. The zero-order valence-electron chi connectivity index (χ0n) is 14.8. The number of nitrogens with zero attached hydrogens (tertiary/aromatic N) is 5. The number of benzene rings is 1. The second-order valence-corrected chi connectivity index (χ2v) is 7.36. The summed E-state index contributed by atoms with van der Waals surface area (Å²) in [5.74, 6) is 1.21. The lowest BCUT2D eigenvalue weighted by Crippen LogP contribution is -2.32. The fourth-order valence-electron chi connectivity index (χ4n) is 2.51. The third-order valence-electron chi connectivity index (χ3n) is 4.00. The number of thioether (sulfide) groups is 1. The largest absolute Gasteiger partial charge is 0.492 e. The number of hydrogen-bond donors (Lipinski definition) is 0. The minimum absolute atomic E-state index is 0.0411. The van der Waals surface area contributed by atoms with E-state index >= 15 is 0 Å². The topological polar surface area (TPSA) is 73.1 Å². The van der Waals surface area contributed by atoms with Gasteiger partial charge in [-0.1, -0.05) is 17.8 Å². The Kier molecular flexibility index (Phi) is 5.57. The molecule has 25 heavy (non-hydrogen) atoms. The van der Waals surface area contributed by atoms with Crippen molar-refractivity contribution in [1.82, 2.24) is 25.1 Å². The van der Waals surface area contributed by atoms with Crippen molar-refractivity contribution >= 4 is 17.7 Å². The average molecular weight is 361 g/mol. The first-order valence-electron chi connectivity index (χ1n) is 8.38. The van der Waals surface area contributed by atoms with Gasteiger partial charge in [-0.05, 0) is 60.4 Å². The third kappa shape index (κ3) is 4.94. The zero-order valence-corrected chi connectivity index (χ0v) is 15.6. The Hall–Kier alpha value is -2.09. The molecule has 0 unspecified atom stereocenters. The lowest BCUT2D eigenvalue weighted by molar-refractivity contribution is -0.127. The van der Waals surface area contributed by atoms with Crippen LogP contribution >= 0.6 is 11.8 Å².